The molecule has 164 valence electrons. The fourth-order valence-corrected chi connectivity index (χ4v) is 3.69. The van der Waals surface area contributed by atoms with Crippen molar-refractivity contribution in [1.29, 1.82) is 0 Å². The summed E-state index contributed by atoms with van der Waals surface area (Å²) in [5.41, 5.74) is 0. The number of aliphatic hydroxyl groups is 6. The second-order valence-corrected chi connectivity index (χ2v) is 7.87. The number of hydrogen-bond acceptors (Lipinski definition) is 10. The maximum Gasteiger partial charge on any atom is 0.314 e. The van der Waals surface area contributed by atoms with Crippen molar-refractivity contribution in [2.45, 2.75) is 50.1 Å². The summed E-state index contributed by atoms with van der Waals surface area (Å²) in [7, 11) is 0. The van der Waals surface area contributed by atoms with E-state index in [1.807, 2.05) is 0 Å². The van der Waals surface area contributed by atoms with Gasteiger partial charge in [0.15, 0.2) is 11.6 Å². The first-order valence-electron chi connectivity index (χ1n) is 9.50. The predicted molar refractivity (Wildman–Crippen MR) is 98.8 cm³/mol. The number of carbonyl (C=O) groups is 2. The average Bonchev–Trinajstić information content (AvgIpc) is 2.58. The van der Waals surface area contributed by atoms with Crippen molar-refractivity contribution < 1.29 is 49.7 Å². The number of allylic oxidation sites excluding steroid dienone is 2. The van der Waals surface area contributed by atoms with E-state index < -0.39 is 48.2 Å². The van der Waals surface area contributed by atoms with Gasteiger partial charge in [-0.25, -0.2) is 0 Å². The van der Waals surface area contributed by atoms with Crippen LogP contribution in [0.2, 0.25) is 0 Å². The van der Waals surface area contributed by atoms with Crippen LogP contribution in [0, 0.1) is 11.8 Å². The summed E-state index contributed by atoms with van der Waals surface area (Å²) in [4.78, 5) is 24.7. The van der Waals surface area contributed by atoms with E-state index in [0.29, 0.717) is 25.7 Å². The second-order valence-electron chi connectivity index (χ2n) is 7.87. The lowest BCUT2D eigenvalue weighted by Gasteiger charge is -2.28. The van der Waals surface area contributed by atoms with E-state index >= 15 is 0 Å². The molecule has 0 aromatic carbocycles. The molecule has 3 rings (SSSR count). The Bertz CT molecular complexity index is 768. The molecule has 0 saturated heterocycles. The Balaban J connectivity index is 1.52. The van der Waals surface area contributed by atoms with Crippen molar-refractivity contribution in [1.82, 2.24) is 0 Å². The van der Waals surface area contributed by atoms with Gasteiger partial charge in [0.05, 0.1) is 24.7 Å². The van der Waals surface area contributed by atoms with E-state index in [1.54, 1.807) is 0 Å². The van der Waals surface area contributed by atoms with Gasteiger partial charge in [0, 0.05) is 24.3 Å². The van der Waals surface area contributed by atoms with Crippen LogP contribution in [0.3, 0.4) is 0 Å². The molecule has 6 N–H and O–H groups in total. The SMILES string of the molecule is O=C(OC1=CC(O)(O)CC(O)=C1)C1CCC(C(=O)OC2=CC(O)(O)CC(O)=C2)CC1. The Hall–Kier alpha value is -2.66. The molecule has 0 spiro atoms. The fraction of sp³-hybridized carbons (Fsp3) is 0.500. The topological polar surface area (TPSA) is 174 Å². The summed E-state index contributed by atoms with van der Waals surface area (Å²) >= 11 is 0. The third kappa shape index (κ3) is 5.70. The Morgan fingerprint density at radius 2 is 1.07 bits per heavy atom. The third-order valence-corrected chi connectivity index (χ3v) is 5.08. The quantitative estimate of drug-likeness (QED) is 0.278. The third-order valence-electron chi connectivity index (χ3n) is 5.08. The molecule has 10 heteroatoms. The van der Waals surface area contributed by atoms with E-state index in [1.165, 1.54) is 0 Å². The van der Waals surface area contributed by atoms with E-state index in [0.717, 1.165) is 24.3 Å². The van der Waals surface area contributed by atoms with E-state index in [-0.39, 0.29) is 23.0 Å². The van der Waals surface area contributed by atoms with Crippen LogP contribution in [0.25, 0.3) is 0 Å². The van der Waals surface area contributed by atoms with Gasteiger partial charge < -0.3 is 40.1 Å². The summed E-state index contributed by atoms with van der Waals surface area (Å²) < 4.78 is 10.3. The molecule has 0 aromatic heterocycles. The van der Waals surface area contributed by atoms with Crippen LogP contribution in [0.4, 0.5) is 0 Å². The Labute approximate surface area is 171 Å². The van der Waals surface area contributed by atoms with E-state index in [4.69, 9.17) is 9.47 Å². The van der Waals surface area contributed by atoms with Gasteiger partial charge in [-0.2, -0.15) is 0 Å². The minimum Gasteiger partial charge on any atom is -0.512 e. The molecule has 3 aliphatic carbocycles. The van der Waals surface area contributed by atoms with Crippen LogP contribution in [0.1, 0.15) is 38.5 Å². The highest BCUT2D eigenvalue weighted by molar-refractivity contribution is 5.76. The lowest BCUT2D eigenvalue weighted by molar-refractivity contribution is -0.152. The predicted octanol–water partition coefficient (Wildman–Crippen LogP) is 0.700. The summed E-state index contributed by atoms with van der Waals surface area (Å²) in [6.45, 7) is 0. The first-order valence-corrected chi connectivity index (χ1v) is 9.50. The molecule has 10 nitrogen and oxygen atoms in total. The highest BCUT2D eigenvalue weighted by Crippen LogP contribution is 2.33. The zero-order valence-electron chi connectivity index (χ0n) is 16.0. The Kier molecular flexibility index (Phi) is 6.04. The molecule has 0 unspecified atom stereocenters. The van der Waals surface area contributed by atoms with Crippen molar-refractivity contribution in [3.8, 4) is 0 Å². The van der Waals surface area contributed by atoms with Crippen LogP contribution in [0.5, 0.6) is 0 Å². The molecule has 0 amide bonds. The lowest BCUT2D eigenvalue weighted by atomic mass is 9.82. The van der Waals surface area contributed by atoms with E-state index in [2.05, 4.69) is 0 Å². The molecule has 0 atom stereocenters. The Morgan fingerprint density at radius 1 is 0.733 bits per heavy atom. The van der Waals surface area contributed by atoms with Crippen molar-refractivity contribution in [2.24, 2.45) is 11.8 Å². The molecule has 0 aliphatic heterocycles. The normalized spacial score (nSPS) is 27.7. The molecule has 1 saturated carbocycles. The van der Waals surface area contributed by atoms with Gasteiger partial charge in [0.25, 0.3) is 0 Å². The Morgan fingerprint density at radius 3 is 1.37 bits per heavy atom. The minimum atomic E-state index is -2.30. The highest BCUT2D eigenvalue weighted by Gasteiger charge is 2.35. The number of carbonyl (C=O) groups excluding carboxylic acids is 2. The lowest BCUT2D eigenvalue weighted by Crippen LogP contribution is -2.32. The number of ether oxygens (including phenoxy) is 2. The van der Waals surface area contributed by atoms with Gasteiger partial charge in [0.2, 0.25) is 0 Å². The molecule has 0 aromatic rings. The summed E-state index contributed by atoms with van der Waals surface area (Å²) in [5.74, 6) is -7.83. The standard InChI is InChI=1S/C20H24O10/c21-13-5-15(9-19(25,26)7-13)29-17(23)11-1-2-12(4-3-11)18(24)30-16-6-14(22)8-20(27,28)10-16/h5-6,9-12,21-22,25-28H,1-4,7-8H2. The van der Waals surface area contributed by atoms with Crippen molar-refractivity contribution in [3.63, 3.8) is 0 Å². The molecule has 0 radical (unpaired) electrons. The van der Waals surface area contributed by atoms with Crippen LogP contribution < -0.4 is 0 Å². The fourth-order valence-electron chi connectivity index (χ4n) is 3.69. The van der Waals surface area contributed by atoms with Gasteiger partial charge in [0.1, 0.15) is 23.0 Å². The zero-order valence-corrected chi connectivity index (χ0v) is 16.0. The van der Waals surface area contributed by atoms with Crippen molar-refractivity contribution in [3.05, 3.63) is 47.3 Å². The van der Waals surface area contributed by atoms with Crippen LogP contribution >= 0.6 is 0 Å². The minimum absolute atomic E-state index is 0.164. The van der Waals surface area contributed by atoms with Crippen LogP contribution in [-0.2, 0) is 19.1 Å². The highest BCUT2D eigenvalue weighted by atomic mass is 16.6. The number of aliphatic hydroxyl groups excluding tert-OH is 2. The molecular formula is C20H24O10. The van der Waals surface area contributed by atoms with Gasteiger partial charge in [-0.05, 0) is 25.7 Å². The molecular weight excluding hydrogens is 400 g/mol. The monoisotopic (exact) mass is 424 g/mol. The van der Waals surface area contributed by atoms with Gasteiger partial charge >= 0.3 is 11.9 Å². The van der Waals surface area contributed by atoms with Gasteiger partial charge in [-0.1, -0.05) is 0 Å². The molecule has 1 fully saturated rings. The largest absolute Gasteiger partial charge is 0.512 e. The van der Waals surface area contributed by atoms with Gasteiger partial charge in [-0.15, -0.1) is 0 Å². The van der Waals surface area contributed by atoms with Crippen molar-refractivity contribution >= 4 is 11.9 Å². The molecule has 0 heterocycles. The van der Waals surface area contributed by atoms with Crippen molar-refractivity contribution in [2.75, 3.05) is 0 Å². The maximum absolute atomic E-state index is 12.3. The first-order chi connectivity index (χ1) is 13.9. The number of hydrogen-bond donors (Lipinski definition) is 6. The molecule has 3 aliphatic rings. The zero-order chi connectivity index (χ0) is 22.1. The average molecular weight is 424 g/mol. The van der Waals surface area contributed by atoms with E-state index in [9.17, 15) is 40.2 Å². The van der Waals surface area contributed by atoms with Crippen LogP contribution in [0.15, 0.2) is 47.3 Å². The molecule has 30 heavy (non-hydrogen) atoms. The second kappa shape index (κ2) is 8.23. The van der Waals surface area contributed by atoms with Crippen LogP contribution in [-0.4, -0.2) is 54.2 Å². The summed E-state index contributed by atoms with van der Waals surface area (Å²) in [6.07, 6.45) is 4.63. The number of esters is 2. The maximum atomic E-state index is 12.3. The summed E-state index contributed by atoms with van der Waals surface area (Å²) in [5, 5.41) is 57.4. The smallest absolute Gasteiger partial charge is 0.314 e. The number of rotatable bonds is 4. The summed E-state index contributed by atoms with van der Waals surface area (Å²) in [6, 6.07) is 0. The first kappa shape index (κ1) is 22.0. The van der Waals surface area contributed by atoms with Gasteiger partial charge in [-0.3, -0.25) is 9.59 Å². The molecule has 0 bridgehead atoms.